The fraction of sp³-hybridized carbons (Fsp3) is 0.273. The minimum atomic E-state index is -0.936. The first-order chi connectivity index (χ1) is 7.00. The Balaban J connectivity index is 2.81. The van der Waals surface area contributed by atoms with E-state index in [1.165, 1.54) is 0 Å². The van der Waals surface area contributed by atoms with E-state index < -0.39 is 6.09 Å². The standard InChI is InChI=1S/C11H13NO3/c1-7-3-4-8(2)9(5-7)10(13)6-15-11(12)14/h3-5H,6H2,1-2H3,(H2,12,14). The number of hydrogen-bond donors (Lipinski definition) is 1. The second kappa shape index (κ2) is 4.59. The molecule has 0 saturated carbocycles. The van der Waals surface area contributed by atoms with Crippen LogP contribution in [0.5, 0.6) is 0 Å². The van der Waals surface area contributed by atoms with Gasteiger partial charge in [-0.25, -0.2) is 4.79 Å². The van der Waals surface area contributed by atoms with Crippen LogP contribution in [0.4, 0.5) is 4.79 Å². The van der Waals surface area contributed by atoms with Crippen molar-refractivity contribution >= 4 is 11.9 Å². The van der Waals surface area contributed by atoms with Gasteiger partial charge < -0.3 is 10.5 Å². The molecule has 1 aromatic rings. The molecule has 0 heterocycles. The smallest absolute Gasteiger partial charge is 0.404 e. The Morgan fingerprint density at radius 2 is 2.00 bits per heavy atom. The number of carbonyl (C=O) groups excluding carboxylic acids is 2. The average molecular weight is 207 g/mol. The summed E-state index contributed by atoms with van der Waals surface area (Å²) in [5.41, 5.74) is 7.19. The summed E-state index contributed by atoms with van der Waals surface area (Å²) in [6.45, 7) is 3.42. The van der Waals surface area contributed by atoms with E-state index in [-0.39, 0.29) is 12.4 Å². The number of nitrogens with two attached hydrogens (primary N) is 1. The Morgan fingerprint density at radius 3 is 2.60 bits per heavy atom. The van der Waals surface area contributed by atoms with Crippen molar-refractivity contribution in [3.05, 3.63) is 34.9 Å². The van der Waals surface area contributed by atoms with Crippen LogP contribution in [0.2, 0.25) is 0 Å². The van der Waals surface area contributed by atoms with E-state index in [9.17, 15) is 9.59 Å². The van der Waals surface area contributed by atoms with Crippen molar-refractivity contribution in [2.75, 3.05) is 6.61 Å². The van der Waals surface area contributed by atoms with E-state index in [0.29, 0.717) is 5.56 Å². The van der Waals surface area contributed by atoms with Crippen LogP contribution < -0.4 is 5.73 Å². The number of rotatable bonds is 3. The third kappa shape index (κ3) is 3.09. The van der Waals surface area contributed by atoms with Crippen molar-refractivity contribution in [1.29, 1.82) is 0 Å². The maximum Gasteiger partial charge on any atom is 0.404 e. The molecule has 0 fully saturated rings. The average Bonchev–Trinajstić information content (AvgIpc) is 2.18. The summed E-state index contributed by atoms with van der Waals surface area (Å²) in [5.74, 6) is -0.241. The van der Waals surface area contributed by atoms with Crippen molar-refractivity contribution in [3.63, 3.8) is 0 Å². The maximum absolute atomic E-state index is 11.6. The SMILES string of the molecule is Cc1ccc(C)c(C(=O)COC(N)=O)c1. The van der Waals surface area contributed by atoms with E-state index >= 15 is 0 Å². The molecule has 0 spiro atoms. The molecule has 1 amide bonds. The zero-order chi connectivity index (χ0) is 11.4. The van der Waals surface area contributed by atoms with Crippen molar-refractivity contribution in [1.82, 2.24) is 0 Å². The van der Waals surface area contributed by atoms with Crippen LogP contribution in [0.3, 0.4) is 0 Å². The van der Waals surface area contributed by atoms with Gasteiger partial charge in [0.15, 0.2) is 6.61 Å². The number of amides is 1. The van der Waals surface area contributed by atoms with Crippen molar-refractivity contribution in [3.8, 4) is 0 Å². The first kappa shape index (κ1) is 11.2. The summed E-state index contributed by atoms with van der Waals surface area (Å²) >= 11 is 0. The highest BCUT2D eigenvalue weighted by atomic mass is 16.5. The number of ketones is 1. The van der Waals surface area contributed by atoms with Gasteiger partial charge in [0, 0.05) is 5.56 Å². The highest BCUT2D eigenvalue weighted by Crippen LogP contribution is 2.11. The largest absolute Gasteiger partial charge is 0.441 e. The van der Waals surface area contributed by atoms with Gasteiger partial charge in [-0.15, -0.1) is 0 Å². The van der Waals surface area contributed by atoms with Gasteiger partial charge in [0.05, 0.1) is 0 Å². The molecular formula is C11H13NO3. The van der Waals surface area contributed by atoms with Crippen LogP contribution in [0.1, 0.15) is 21.5 Å². The van der Waals surface area contributed by atoms with E-state index in [0.717, 1.165) is 11.1 Å². The molecule has 2 N–H and O–H groups in total. The lowest BCUT2D eigenvalue weighted by atomic mass is 10.0. The molecule has 4 nitrogen and oxygen atoms in total. The molecule has 80 valence electrons. The second-order valence-electron chi connectivity index (χ2n) is 3.35. The van der Waals surface area contributed by atoms with E-state index in [1.54, 1.807) is 6.07 Å². The van der Waals surface area contributed by atoms with Crippen LogP contribution in [0, 0.1) is 13.8 Å². The van der Waals surface area contributed by atoms with Gasteiger partial charge >= 0.3 is 6.09 Å². The molecule has 0 aliphatic heterocycles. The van der Waals surface area contributed by atoms with Gasteiger partial charge in [-0.3, -0.25) is 4.79 Å². The Hall–Kier alpha value is -1.84. The molecule has 0 aromatic heterocycles. The van der Waals surface area contributed by atoms with Crippen LogP contribution in [-0.4, -0.2) is 18.5 Å². The molecular weight excluding hydrogens is 194 g/mol. The lowest BCUT2D eigenvalue weighted by Gasteiger charge is -2.05. The van der Waals surface area contributed by atoms with Gasteiger partial charge in [-0.05, 0) is 25.5 Å². The third-order valence-corrected chi connectivity index (χ3v) is 2.04. The second-order valence-corrected chi connectivity index (χ2v) is 3.35. The number of primary amides is 1. The summed E-state index contributed by atoms with van der Waals surface area (Å²) in [6, 6.07) is 5.54. The molecule has 0 aliphatic carbocycles. The highest BCUT2D eigenvalue weighted by molar-refractivity contribution is 5.99. The number of carbonyl (C=O) groups is 2. The van der Waals surface area contributed by atoms with Gasteiger partial charge in [-0.1, -0.05) is 17.7 Å². The molecule has 1 aromatic carbocycles. The molecule has 4 heteroatoms. The van der Waals surface area contributed by atoms with Gasteiger partial charge in [0.2, 0.25) is 5.78 Å². The molecule has 0 atom stereocenters. The summed E-state index contributed by atoms with van der Waals surface area (Å²) in [7, 11) is 0. The van der Waals surface area contributed by atoms with Crippen molar-refractivity contribution in [2.45, 2.75) is 13.8 Å². The predicted octanol–water partition coefficient (Wildman–Crippen LogP) is 1.58. The van der Waals surface area contributed by atoms with Crippen LogP contribution in [-0.2, 0) is 4.74 Å². The van der Waals surface area contributed by atoms with Crippen LogP contribution in [0.15, 0.2) is 18.2 Å². The molecule has 15 heavy (non-hydrogen) atoms. The minimum absolute atomic E-state index is 0.241. The van der Waals surface area contributed by atoms with Crippen LogP contribution >= 0.6 is 0 Å². The molecule has 1 rings (SSSR count). The minimum Gasteiger partial charge on any atom is -0.441 e. The summed E-state index contributed by atoms with van der Waals surface area (Å²) in [4.78, 5) is 21.9. The van der Waals surface area contributed by atoms with E-state index in [1.807, 2.05) is 26.0 Å². The number of hydrogen-bond acceptors (Lipinski definition) is 3. The maximum atomic E-state index is 11.6. The number of Topliss-reactive ketones (excluding diaryl/α,β-unsaturated/α-hetero) is 1. The summed E-state index contributed by atoms with van der Waals surface area (Å²) in [6.07, 6.45) is -0.936. The zero-order valence-corrected chi connectivity index (χ0v) is 8.74. The third-order valence-electron chi connectivity index (χ3n) is 2.04. The van der Waals surface area contributed by atoms with Crippen LogP contribution in [0.25, 0.3) is 0 Å². The quantitative estimate of drug-likeness (QED) is 0.765. The highest BCUT2D eigenvalue weighted by Gasteiger charge is 2.10. The molecule has 0 saturated heterocycles. The topological polar surface area (TPSA) is 69.4 Å². The lowest BCUT2D eigenvalue weighted by Crippen LogP contribution is -2.19. The van der Waals surface area contributed by atoms with E-state index in [2.05, 4.69) is 4.74 Å². The molecule has 0 aliphatic rings. The first-order valence-electron chi connectivity index (χ1n) is 4.53. The summed E-state index contributed by atoms with van der Waals surface area (Å²) in [5, 5.41) is 0. The van der Waals surface area contributed by atoms with E-state index in [4.69, 9.17) is 5.73 Å². The summed E-state index contributed by atoms with van der Waals surface area (Å²) < 4.78 is 4.44. The van der Waals surface area contributed by atoms with Gasteiger partial charge in [0.1, 0.15) is 0 Å². The predicted molar refractivity (Wildman–Crippen MR) is 55.8 cm³/mol. The Bertz CT molecular complexity index is 399. The fourth-order valence-electron chi connectivity index (χ4n) is 1.25. The Labute approximate surface area is 88.0 Å². The molecule has 0 bridgehead atoms. The van der Waals surface area contributed by atoms with Gasteiger partial charge in [0.25, 0.3) is 0 Å². The van der Waals surface area contributed by atoms with Crippen molar-refractivity contribution < 1.29 is 14.3 Å². The Morgan fingerprint density at radius 1 is 1.33 bits per heavy atom. The molecule has 0 unspecified atom stereocenters. The first-order valence-corrected chi connectivity index (χ1v) is 4.53. The zero-order valence-electron chi connectivity index (χ0n) is 8.74. The Kier molecular flexibility index (Phi) is 3.44. The monoisotopic (exact) mass is 207 g/mol. The fourth-order valence-corrected chi connectivity index (χ4v) is 1.25. The lowest BCUT2D eigenvalue weighted by molar-refractivity contribution is 0.0857. The number of aryl methyl sites for hydroxylation is 2. The van der Waals surface area contributed by atoms with Gasteiger partial charge in [-0.2, -0.15) is 0 Å². The number of ether oxygens (including phenoxy) is 1. The number of benzene rings is 1. The van der Waals surface area contributed by atoms with Crippen molar-refractivity contribution in [2.24, 2.45) is 5.73 Å². The molecule has 0 radical (unpaired) electrons. The normalized spacial score (nSPS) is 9.73.